The van der Waals surface area contributed by atoms with Crippen molar-refractivity contribution in [2.24, 2.45) is 17.6 Å². The Morgan fingerprint density at radius 1 is 0.252 bits per heavy atom. The summed E-state index contributed by atoms with van der Waals surface area (Å²) < 4.78 is 0. The van der Waals surface area contributed by atoms with Gasteiger partial charge < -0.3 is 141 Å². The number of amides is 12. The summed E-state index contributed by atoms with van der Waals surface area (Å²) in [5.74, 6) is -26.6. The highest BCUT2D eigenvalue weighted by atomic mass is 16.4. The van der Waals surface area contributed by atoms with Crippen molar-refractivity contribution in [2.75, 3.05) is 0 Å². The zero-order valence-electron chi connectivity index (χ0n) is 70.2. The molecule has 41 heteroatoms. The summed E-state index contributed by atoms with van der Waals surface area (Å²) in [6.07, 6.45) is -1.44. The molecule has 0 aliphatic heterocycles. The second kappa shape index (κ2) is 43.8. The maximum Gasteiger partial charge on any atom is 0.326 e. The highest BCUT2D eigenvalue weighted by Gasteiger charge is 2.41. The van der Waals surface area contributed by atoms with E-state index in [1.165, 1.54) is 64.1 Å². The van der Waals surface area contributed by atoms with Gasteiger partial charge in [-0.1, -0.05) is 107 Å². The summed E-state index contributed by atoms with van der Waals surface area (Å²) in [6.45, 7) is 6.87. The van der Waals surface area contributed by atoms with Gasteiger partial charge in [0, 0.05) is 30.7 Å². The molecule has 0 saturated heterocycles. The van der Waals surface area contributed by atoms with Crippen molar-refractivity contribution in [3.8, 4) is 69.0 Å². The molecule has 0 saturated carbocycles. The first kappa shape index (κ1) is 97.9. The molecule has 0 heterocycles. The molecule has 0 fully saturated rings. The summed E-state index contributed by atoms with van der Waals surface area (Å²) in [5, 5.41) is 176. The van der Waals surface area contributed by atoms with Gasteiger partial charge in [-0.2, -0.15) is 0 Å². The average Bonchev–Trinajstić information content (AvgIpc) is 0.807. The van der Waals surface area contributed by atoms with Crippen LogP contribution >= 0.6 is 0 Å². The molecule has 9 rings (SSSR count). The summed E-state index contributed by atoms with van der Waals surface area (Å²) >= 11 is 0. The number of nitrogens with two attached hydrogens (primary N) is 1. The number of carboxylic acids is 2. The van der Waals surface area contributed by atoms with Crippen LogP contribution in [-0.4, -0.2) is 185 Å². The molecule has 0 radical (unpaired) electrons. The maximum absolute atomic E-state index is 15.4. The third kappa shape index (κ3) is 27.1. The van der Waals surface area contributed by atoms with Gasteiger partial charge in [0.05, 0.1) is 6.42 Å². The van der Waals surface area contributed by atoms with Crippen LogP contribution in [0.15, 0.2) is 200 Å². The lowest BCUT2D eigenvalue weighted by Gasteiger charge is -2.29. The van der Waals surface area contributed by atoms with Gasteiger partial charge in [-0.3, -0.25) is 62.3 Å². The van der Waals surface area contributed by atoms with Crippen molar-refractivity contribution in [3.63, 3.8) is 0 Å². The van der Waals surface area contributed by atoms with E-state index in [9.17, 15) is 119 Å². The van der Waals surface area contributed by atoms with Crippen LogP contribution in [0, 0.1) is 11.8 Å². The number of hydrogen-bond donors (Lipinski definition) is 27. The first-order valence-corrected chi connectivity index (χ1v) is 40.0. The Morgan fingerprint density at radius 2 is 0.504 bits per heavy atom. The quantitative estimate of drug-likeness (QED) is 0.0263. The first-order chi connectivity index (χ1) is 61.9. The minimum Gasteiger partial charge on any atom is -0.508 e. The van der Waals surface area contributed by atoms with Gasteiger partial charge in [-0.25, -0.2) is 4.79 Å². The number of nitrogens with one attached hydrogen (secondary N) is 12. The molecule has 0 aliphatic carbocycles. The molecule has 0 unspecified atom stereocenters. The van der Waals surface area contributed by atoms with E-state index in [-0.39, 0.29) is 57.1 Å². The predicted octanol–water partition coefficient (Wildman–Crippen LogP) is 2.71. The second-order valence-electron chi connectivity index (χ2n) is 31.0. The molecule has 0 aliphatic rings. The topological polar surface area (TPSA) is 693 Å². The van der Waals surface area contributed by atoms with Crippen molar-refractivity contribution in [1.29, 1.82) is 0 Å². The van der Waals surface area contributed by atoms with Gasteiger partial charge in [-0.05, 0) is 166 Å². The Balaban J connectivity index is 0.977. The zero-order chi connectivity index (χ0) is 96.1. The Hall–Kier alpha value is -16.9. The highest BCUT2D eigenvalue weighted by molar-refractivity contribution is 6.02. The summed E-state index contributed by atoms with van der Waals surface area (Å²) in [7, 11) is 0. The fraction of sp³-hybridized carbons (Fsp3) is 0.244. The van der Waals surface area contributed by atoms with Gasteiger partial charge >= 0.3 is 11.9 Å². The molecule has 0 spiro atoms. The number of hydrogen-bond acceptors (Lipinski definition) is 27. The van der Waals surface area contributed by atoms with Crippen molar-refractivity contribution in [3.05, 3.63) is 250 Å². The molecule has 0 aromatic heterocycles. The number of phenolic OH excluding ortho intramolecular Hbond substituents is 12. The largest absolute Gasteiger partial charge is 0.508 e. The van der Waals surface area contributed by atoms with Crippen molar-refractivity contribution >= 4 is 82.8 Å². The van der Waals surface area contributed by atoms with Crippen LogP contribution < -0.4 is 69.5 Å². The van der Waals surface area contributed by atoms with Crippen LogP contribution in [-0.2, 0) is 73.5 Å². The lowest BCUT2D eigenvalue weighted by atomic mass is 9.98. The fourth-order valence-corrected chi connectivity index (χ4v) is 13.6. The normalized spacial score (nSPS) is 14.1. The van der Waals surface area contributed by atoms with Gasteiger partial charge in [0.1, 0.15) is 148 Å². The average molecular weight is 1810 g/mol. The number of aromatic hydroxyl groups is 12. The third-order valence-corrected chi connectivity index (χ3v) is 20.2. The van der Waals surface area contributed by atoms with E-state index in [1.807, 2.05) is 0 Å². The van der Waals surface area contributed by atoms with Crippen molar-refractivity contribution in [2.45, 2.75) is 126 Å². The standard InChI is InChI=1S/C90H95N13O28/c1-41(2)69(81(121)101-75(50-30-59(110)37-60(111)31-50)87(127)99-72(47-15-23-55(106)24-16-47)84(124)93-65(27-44-9-7-6-8-10-44)79(119)94-66(90(130)131)40-67(116)117)95-78(118)43(5)92-83(123)71(46-13-21-54(105)22-14-46)98-89(129)77(52-34-63(114)39-64(115)35-52)103-85(125)73(48-17-25-56(107)26-18-48)100-88(128)76(51-32-61(112)38-62(113)33-51)102-82(122)70(42(3)4)96-86(126)74(49-28-57(108)36-58(109)29-49)97-80(120)68(91)45-11-19-53(104)20-12-45/h6-26,28-39,41-43,65-66,68-77,104-115H,27,40,91H2,1-5H3,(H,92,123)(H,93,124)(H,94,119)(H,95,118)(H,96,126)(H,97,120)(H,98,129)(H,99,127)(H,100,128)(H,101,121)(H,102,122)(H,103,125)(H,116,117)(H,130,131)/t43-,65+,66+,68-,69+,70+,71+,72+,73+,74-,75-,76-,77-/m1/s1. The first-order valence-electron chi connectivity index (χ1n) is 40.0. The lowest BCUT2D eigenvalue weighted by molar-refractivity contribution is -0.147. The monoisotopic (exact) mass is 1810 g/mol. The molecule has 688 valence electrons. The lowest BCUT2D eigenvalue weighted by Crippen LogP contribution is -2.57. The smallest absolute Gasteiger partial charge is 0.326 e. The number of carbonyl (C=O) groups is 14. The molecule has 0 bridgehead atoms. The molecular formula is C90H95N13O28. The van der Waals surface area contributed by atoms with E-state index in [4.69, 9.17) is 5.73 Å². The SMILES string of the molecule is CC(C)[C@H](NC(=O)[C@@H](C)NC(=O)[C@@H](NC(=O)[C@H](NC(=O)[C@@H](NC(=O)[C@H](NC(=O)[C@@H](NC(=O)[C@H](NC(=O)[C@H](N)c1ccc(O)cc1)c1cc(O)cc(O)c1)C(C)C)c1cc(O)cc(O)c1)c1ccc(O)cc1)c1cc(O)cc(O)c1)c1ccc(O)cc1)C(=O)N[C@@H](C(=O)N[C@H](C(=O)N[C@@H](Cc1ccccc1)C(=O)N[C@@H](CC(=O)O)C(=O)O)c1ccc(O)cc1)c1cc(O)cc(O)c1. The second-order valence-corrected chi connectivity index (χ2v) is 31.0. The number of rotatable bonds is 39. The molecule has 131 heavy (non-hydrogen) atoms. The number of benzene rings is 9. The molecule has 12 amide bonds. The van der Waals surface area contributed by atoms with E-state index in [0.29, 0.717) is 5.56 Å². The minimum atomic E-state index is -2.21. The summed E-state index contributed by atoms with van der Waals surface area (Å²) in [6, 6.07) is 12.7. The Labute approximate surface area is 744 Å². The predicted molar refractivity (Wildman–Crippen MR) is 460 cm³/mol. The number of carboxylic acid groups (broad SMARTS) is 2. The van der Waals surface area contributed by atoms with E-state index in [2.05, 4.69) is 63.8 Å². The Bertz CT molecular complexity index is 5650. The van der Waals surface area contributed by atoms with Crippen LogP contribution in [0.2, 0.25) is 0 Å². The zero-order valence-corrected chi connectivity index (χ0v) is 70.2. The number of carbonyl (C=O) groups excluding carboxylic acids is 12. The molecule has 9 aromatic rings. The van der Waals surface area contributed by atoms with E-state index >= 15 is 19.2 Å². The van der Waals surface area contributed by atoms with Gasteiger partial charge in [0.15, 0.2) is 0 Å². The third-order valence-electron chi connectivity index (χ3n) is 20.2. The van der Waals surface area contributed by atoms with Gasteiger partial charge in [0.2, 0.25) is 70.9 Å². The van der Waals surface area contributed by atoms with E-state index in [1.54, 1.807) is 30.3 Å². The van der Waals surface area contributed by atoms with E-state index < -0.39 is 242 Å². The molecule has 9 aromatic carbocycles. The van der Waals surface area contributed by atoms with Crippen LogP contribution in [0.4, 0.5) is 0 Å². The van der Waals surface area contributed by atoms with Crippen LogP contribution in [0.5, 0.6) is 69.0 Å². The van der Waals surface area contributed by atoms with Crippen LogP contribution in [0.3, 0.4) is 0 Å². The number of phenols is 12. The van der Waals surface area contributed by atoms with Crippen molar-refractivity contribution < 1.29 is 139 Å². The Morgan fingerprint density at radius 3 is 0.802 bits per heavy atom. The van der Waals surface area contributed by atoms with Crippen LogP contribution in [0.25, 0.3) is 0 Å². The molecule has 28 N–H and O–H groups in total. The van der Waals surface area contributed by atoms with Crippen LogP contribution in [0.1, 0.15) is 139 Å². The minimum absolute atomic E-state index is 0.102. The fourth-order valence-electron chi connectivity index (χ4n) is 13.6. The molecule has 41 nitrogen and oxygen atoms in total. The van der Waals surface area contributed by atoms with Crippen molar-refractivity contribution in [1.82, 2.24) is 63.8 Å². The molecule has 13 atom stereocenters. The molecular weight excluding hydrogens is 1710 g/mol. The summed E-state index contributed by atoms with van der Waals surface area (Å²) in [5.41, 5.74) is 4.89. The van der Waals surface area contributed by atoms with E-state index in [0.717, 1.165) is 140 Å². The van der Waals surface area contributed by atoms with Gasteiger partial charge in [0.25, 0.3) is 0 Å². The van der Waals surface area contributed by atoms with Gasteiger partial charge in [-0.15, -0.1) is 0 Å². The highest BCUT2D eigenvalue weighted by Crippen LogP contribution is 2.34. The Kier molecular flexibility index (Phi) is 32.8. The number of aliphatic carboxylic acids is 2. The maximum atomic E-state index is 15.4. The summed E-state index contributed by atoms with van der Waals surface area (Å²) in [4.78, 5) is 201.